The van der Waals surface area contributed by atoms with Gasteiger partial charge in [0.1, 0.15) is 17.2 Å². The van der Waals surface area contributed by atoms with Crippen LogP contribution in [-0.2, 0) is 17.9 Å². The highest BCUT2D eigenvalue weighted by molar-refractivity contribution is 5.77. The van der Waals surface area contributed by atoms with E-state index in [4.69, 9.17) is 4.74 Å². The second-order valence-electron chi connectivity index (χ2n) is 7.27. The molecule has 7 heteroatoms. The van der Waals surface area contributed by atoms with Crippen molar-refractivity contribution in [2.75, 3.05) is 6.61 Å². The van der Waals surface area contributed by atoms with Gasteiger partial charge in [-0.25, -0.2) is 13.9 Å². The van der Waals surface area contributed by atoms with Gasteiger partial charge in [-0.05, 0) is 6.07 Å². The first kappa shape index (κ1) is 21.5. The van der Waals surface area contributed by atoms with E-state index < -0.39 is 11.8 Å². The Balaban J connectivity index is 1.55. The van der Waals surface area contributed by atoms with E-state index in [9.17, 15) is 14.3 Å². The fourth-order valence-electron chi connectivity index (χ4n) is 3.30. The summed E-state index contributed by atoms with van der Waals surface area (Å²) in [5.74, 6) is -0.368. The quantitative estimate of drug-likeness (QED) is 0.460. The summed E-state index contributed by atoms with van der Waals surface area (Å²) in [5, 5.41) is 14.9. The minimum absolute atomic E-state index is 0.0204. The van der Waals surface area contributed by atoms with Crippen LogP contribution < -0.4 is 5.69 Å². The van der Waals surface area contributed by atoms with Crippen molar-refractivity contribution < 1.29 is 14.2 Å². The average molecular weight is 431 g/mol. The number of halogens is 1. The molecule has 1 unspecified atom stereocenters. The van der Waals surface area contributed by atoms with E-state index in [0.717, 1.165) is 15.8 Å². The standard InChI is InChI=1S/C25H22FN3O3/c26-22-14-8-7-13-20(22)16-32-17-21(30)15-29-25(31)27-23(18-9-3-1-4-10-18)24(28-29)19-11-5-2-6-12-19/h1-14,21,30H,15-17H2. The van der Waals surface area contributed by atoms with Gasteiger partial charge in [-0.15, -0.1) is 0 Å². The Morgan fingerprint density at radius 1 is 0.875 bits per heavy atom. The maximum absolute atomic E-state index is 13.7. The zero-order valence-corrected chi connectivity index (χ0v) is 17.3. The molecule has 162 valence electrons. The van der Waals surface area contributed by atoms with E-state index in [1.165, 1.54) is 6.07 Å². The molecule has 0 saturated carbocycles. The Morgan fingerprint density at radius 3 is 2.12 bits per heavy atom. The number of aliphatic hydroxyl groups excluding tert-OH is 1. The molecule has 3 aromatic carbocycles. The number of benzene rings is 3. The summed E-state index contributed by atoms with van der Waals surface area (Å²) in [6.45, 7) is -0.159. The highest BCUT2D eigenvalue weighted by Crippen LogP contribution is 2.27. The van der Waals surface area contributed by atoms with E-state index >= 15 is 0 Å². The van der Waals surface area contributed by atoms with E-state index in [0.29, 0.717) is 17.0 Å². The molecule has 0 radical (unpaired) electrons. The van der Waals surface area contributed by atoms with Gasteiger partial charge in [0, 0.05) is 16.7 Å². The molecule has 1 heterocycles. The second-order valence-corrected chi connectivity index (χ2v) is 7.27. The minimum Gasteiger partial charge on any atom is -0.389 e. The van der Waals surface area contributed by atoms with Crippen LogP contribution in [0.5, 0.6) is 0 Å². The van der Waals surface area contributed by atoms with Crippen molar-refractivity contribution in [1.82, 2.24) is 14.8 Å². The van der Waals surface area contributed by atoms with Crippen LogP contribution in [0.1, 0.15) is 5.56 Å². The van der Waals surface area contributed by atoms with Gasteiger partial charge < -0.3 is 9.84 Å². The predicted octanol–water partition coefficient (Wildman–Crippen LogP) is 3.69. The largest absolute Gasteiger partial charge is 0.389 e. The van der Waals surface area contributed by atoms with Crippen molar-refractivity contribution in [3.8, 4) is 22.5 Å². The molecule has 0 aliphatic heterocycles. The Morgan fingerprint density at radius 2 is 1.47 bits per heavy atom. The second kappa shape index (κ2) is 10.1. The lowest BCUT2D eigenvalue weighted by Gasteiger charge is -2.15. The Kier molecular flexibility index (Phi) is 6.79. The number of nitrogens with zero attached hydrogens (tertiary/aromatic N) is 3. The normalized spacial score (nSPS) is 11.9. The van der Waals surface area contributed by atoms with Crippen molar-refractivity contribution in [3.63, 3.8) is 0 Å². The monoisotopic (exact) mass is 431 g/mol. The maximum Gasteiger partial charge on any atom is 0.364 e. The molecule has 0 saturated heterocycles. The van der Waals surface area contributed by atoms with Gasteiger partial charge in [-0.2, -0.15) is 10.1 Å². The van der Waals surface area contributed by atoms with Gasteiger partial charge in [0.2, 0.25) is 0 Å². The third-order valence-corrected chi connectivity index (χ3v) is 4.88. The Labute approximate surface area is 184 Å². The van der Waals surface area contributed by atoms with Gasteiger partial charge >= 0.3 is 5.69 Å². The number of aliphatic hydroxyl groups is 1. The molecule has 0 amide bonds. The molecule has 1 atom stereocenters. The highest BCUT2D eigenvalue weighted by atomic mass is 19.1. The molecule has 0 aliphatic rings. The molecule has 0 aliphatic carbocycles. The first-order valence-corrected chi connectivity index (χ1v) is 10.2. The van der Waals surface area contributed by atoms with Crippen molar-refractivity contribution in [2.24, 2.45) is 0 Å². The summed E-state index contributed by atoms with van der Waals surface area (Å²) < 4.78 is 20.3. The van der Waals surface area contributed by atoms with Crippen LogP contribution in [0, 0.1) is 5.82 Å². The average Bonchev–Trinajstić information content (AvgIpc) is 2.82. The van der Waals surface area contributed by atoms with Crippen LogP contribution in [0.25, 0.3) is 22.5 Å². The number of rotatable bonds is 8. The highest BCUT2D eigenvalue weighted by Gasteiger charge is 2.16. The SMILES string of the molecule is O=c1nc(-c2ccccc2)c(-c2ccccc2)nn1CC(O)COCc1ccccc1F. The molecule has 0 fully saturated rings. The lowest BCUT2D eigenvalue weighted by atomic mass is 10.0. The van der Waals surface area contributed by atoms with Gasteiger partial charge in [0.15, 0.2) is 0 Å². The van der Waals surface area contributed by atoms with Crippen molar-refractivity contribution in [1.29, 1.82) is 0 Å². The third kappa shape index (κ3) is 5.14. The van der Waals surface area contributed by atoms with Crippen LogP contribution in [0.2, 0.25) is 0 Å². The molecule has 1 aromatic heterocycles. The summed E-state index contributed by atoms with van der Waals surface area (Å²) in [7, 11) is 0. The molecule has 6 nitrogen and oxygen atoms in total. The van der Waals surface area contributed by atoms with E-state index in [1.807, 2.05) is 60.7 Å². The predicted molar refractivity (Wildman–Crippen MR) is 119 cm³/mol. The molecule has 0 spiro atoms. The molecule has 1 N–H and O–H groups in total. The molecule has 0 bridgehead atoms. The van der Waals surface area contributed by atoms with Crippen LogP contribution in [0.15, 0.2) is 89.7 Å². The van der Waals surface area contributed by atoms with Gasteiger partial charge in [0.05, 0.1) is 25.9 Å². The molecule has 4 rings (SSSR count). The van der Waals surface area contributed by atoms with Crippen molar-refractivity contribution >= 4 is 0 Å². The maximum atomic E-state index is 13.7. The fourth-order valence-corrected chi connectivity index (χ4v) is 3.30. The summed E-state index contributed by atoms with van der Waals surface area (Å²) in [5.41, 5.74) is 2.42. The van der Waals surface area contributed by atoms with Gasteiger partial charge in [-0.1, -0.05) is 78.9 Å². The van der Waals surface area contributed by atoms with Crippen molar-refractivity contribution in [2.45, 2.75) is 19.3 Å². The first-order chi connectivity index (χ1) is 15.6. The van der Waals surface area contributed by atoms with Crippen molar-refractivity contribution in [3.05, 3.63) is 107 Å². The van der Waals surface area contributed by atoms with Crippen LogP contribution in [-0.4, -0.2) is 32.6 Å². The van der Waals surface area contributed by atoms with E-state index in [-0.39, 0.29) is 25.6 Å². The Hall–Kier alpha value is -3.68. The summed E-state index contributed by atoms with van der Waals surface area (Å²) in [6, 6.07) is 25.1. The zero-order valence-electron chi connectivity index (χ0n) is 17.3. The molecule has 4 aromatic rings. The summed E-state index contributed by atoms with van der Waals surface area (Å²) >= 11 is 0. The first-order valence-electron chi connectivity index (χ1n) is 10.2. The lowest BCUT2D eigenvalue weighted by molar-refractivity contribution is 0.0170. The molecule has 32 heavy (non-hydrogen) atoms. The summed E-state index contributed by atoms with van der Waals surface area (Å²) in [6.07, 6.45) is -1.01. The zero-order chi connectivity index (χ0) is 22.3. The summed E-state index contributed by atoms with van der Waals surface area (Å²) in [4.78, 5) is 16.9. The number of hydrogen-bond donors (Lipinski definition) is 1. The third-order valence-electron chi connectivity index (χ3n) is 4.88. The number of aromatic nitrogens is 3. The van der Waals surface area contributed by atoms with Crippen LogP contribution >= 0.6 is 0 Å². The van der Waals surface area contributed by atoms with Gasteiger partial charge in [0.25, 0.3) is 0 Å². The number of ether oxygens (including phenoxy) is 1. The Bertz CT molecular complexity index is 1230. The minimum atomic E-state index is -1.01. The fraction of sp³-hybridized carbons (Fsp3) is 0.160. The van der Waals surface area contributed by atoms with E-state index in [2.05, 4.69) is 10.1 Å². The lowest BCUT2D eigenvalue weighted by Crippen LogP contribution is -2.33. The molecular weight excluding hydrogens is 409 g/mol. The van der Waals surface area contributed by atoms with E-state index in [1.54, 1.807) is 18.2 Å². The topological polar surface area (TPSA) is 77.2 Å². The number of hydrogen-bond acceptors (Lipinski definition) is 5. The van der Waals surface area contributed by atoms with Crippen LogP contribution in [0.3, 0.4) is 0 Å². The smallest absolute Gasteiger partial charge is 0.364 e. The van der Waals surface area contributed by atoms with Crippen LogP contribution in [0.4, 0.5) is 4.39 Å². The van der Waals surface area contributed by atoms with Gasteiger partial charge in [-0.3, -0.25) is 0 Å². The molecular formula is C25H22FN3O3.